The molecule has 1 heterocycles. The van der Waals surface area contributed by atoms with Gasteiger partial charge in [0, 0.05) is 11.5 Å². The van der Waals surface area contributed by atoms with Gasteiger partial charge in [-0.1, -0.05) is 33.6 Å². The van der Waals surface area contributed by atoms with Crippen molar-refractivity contribution in [1.29, 1.82) is 0 Å². The van der Waals surface area contributed by atoms with Crippen LogP contribution in [0.25, 0.3) is 0 Å². The third-order valence-electron chi connectivity index (χ3n) is 5.05. The van der Waals surface area contributed by atoms with Gasteiger partial charge in [-0.05, 0) is 50.6 Å². The van der Waals surface area contributed by atoms with E-state index in [1.807, 2.05) is 0 Å². The highest BCUT2D eigenvalue weighted by Gasteiger charge is 2.38. The summed E-state index contributed by atoms with van der Waals surface area (Å²) in [5.41, 5.74) is -0.246. The summed E-state index contributed by atoms with van der Waals surface area (Å²) in [6.45, 7) is 8.50. The largest absolute Gasteiger partial charge is 0.353 e. The molecule has 0 aromatic heterocycles. The van der Waals surface area contributed by atoms with Gasteiger partial charge >= 0.3 is 0 Å². The zero-order valence-electron chi connectivity index (χ0n) is 12.8. The van der Waals surface area contributed by atoms with Gasteiger partial charge in [-0.3, -0.25) is 4.79 Å². The maximum Gasteiger partial charge on any atom is 0.226 e. The molecule has 0 radical (unpaired) electrons. The Morgan fingerprint density at radius 2 is 2.11 bits per heavy atom. The number of amides is 1. The molecule has 1 amide bonds. The van der Waals surface area contributed by atoms with Crippen molar-refractivity contribution in [3.63, 3.8) is 0 Å². The number of carbonyl (C=O) groups is 1. The number of carbonyl (C=O) groups excluding carboxylic acids is 1. The summed E-state index contributed by atoms with van der Waals surface area (Å²) in [5.74, 6) is 1.61. The van der Waals surface area contributed by atoms with Crippen LogP contribution in [-0.4, -0.2) is 25.0 Å². The Morgan fingerprint density at radius 3 is 2.63 bits per heavy atom. The Hall–Kier alpha value is -0.570. The number of hydrogen-bond donors (Lipinski definition) is 2. The van der Waals surface area contributed by atoms with E-state index in [1.54, 1.807) is 0 Å². The molecular formula is C16H30N2O. The maximum atomic E-state index is 12.6. The van der Waals surface area contributed by atoms with E-state index in [-0.39, 0.29) is 11.3 Å². The molecule has 0 aromatic rings. The number of piperidine rings is 1. The van der Waals surface area contributed by atoms with E-state index in [0.717, 1.165) is 25.4 Å². The molecule has 2 N–H and O–H groups in total. The topological polar surface area (TPSA) is 41.1 Å². The van der Waals surface area contributed by atoms with Crippen molar-refractivity contribution in [3.8, 4) is 0 Å². The normalized spacial score (nSPS) is 25.9. The van der Waals surface area contributed by atoms with E-state index in [1.165, 1.54) is 32.1 Å². The van der Waals surface area contributed by atoms with Gasteiger partial charge in [0.15, 0.2) is 0 Å². The summed E-state index contributed by atoms with van der Waals surface area (Å²) in [5, 5.41) is 6.73. The summed E-state index contributed by atoms with van der Waals surface area (Å²) >= 11 is 0. The molecule has 1 saturated heterocycles. The van der Waals surface area contributed by atoms with Crippen LogP contribution < -0.4 is 10.6 Å². The molecule has 2 fully saturated rings. The fourth-order valence-electron chi connectivity index (χ4n) is 3.11. The molecule has 2 unspecified atom stereocenters. The second-order valence-electron chi connectivity index (χ2n) is 7.02. The third kappa shape index (κ3) is 3.95. The Bertz CT molecular complexity index is 304. The molecule has 0 spiro atoms. The minimum Gasteiger partial charge on any atom is -0.353 e. The molecule has 1 aliphatic carbocycles. The summed E-state index contributed by atoms with van der Waals surface area (Å²) in [6, 6.07) is 0.385. The first kappa shape index (κ1) is 14.8. The van der Waals surface area contributed by atoms with Crippen LogP contribution in [0.3, 0.4) is 0 Å². The van der Waals surface area contributed by atoms with Crippen LogP contribution in [0.1, 0.15) is 59.3 Å². The zero-order valence-corrected chi connectivity index (χ0v) is 12.8. The molecule has 1 aliphatic heterocycles. The summed E-state index contributed by atoms with van der Waals surface area (Å²) < 4.78 is 0. The van der Waals surface area contributed by atoms with Crippen LogP contribution >= 0.6 is 0 Å². The second kappa shape index (κ2) is 6.25. The summed E-state index contributed by atoms with van der Waals surface area (Å²) in [6.07, 6.45) is 7.33. The molecule has 110 valence electrons. The molecule has 19 heavy (non-hydrogen) atoms. The minimum atomic E-state index is -0.246. The summed E-state index contributed by atoms with van der Waals surface area (Å²) in [7, 11) is 0. The molecule has 2 aliphatic rings. The van der Waals surface area contributed by atoms with E-state index in [4.69, 9.17) is 0 Å². The molecular weight excluding hydrogens is 236 g/mol. The molecule has 0 aromatic carbocycles. The Kier molecular flexibility index (Phi) is 4.88. The van der Waals surface area contributed by atoms with Gasteiger partial charge in [-0.2, -0.15) is 0 Å². The van der Waals surface area contributed by atoms with Crippen LogP contribution in [0.5, 0.6) is 0 Å². The fraction of sp³-hybridized carbons (Fsp3) is 0.938. The molecule has 1 saturated carbocycles. The van der Waals surface area contributed by atoms with Crippen molar-refractivity contribution in [2.24, 2.45) is 17.3 Å². The monoisotopic (exact) mass is 266 g/mol. The summed E-state index contributed by atoms with van der Waals surface area (Å²) in [4.78, 5) is 12.6. The van der Waals surface area contributed by atoms with Crippen molar-refractivity contribution in [1.82, 2.24) is 10.6 Å². The molecule has 2 atom stereocenters. The maximum absolute atomic E-state index is 12.6. The number of rotatable bonds is 6. The minimum absolute atomic E-state index is 0.246. The SMILES string of the molecule is CCC(CC1CC1)NC(=O)C(C)(C)C1CCCNC1. The number of nitrogens with one attached hydrogen (secondary N) is 2. The standard InChI is InChI=1S/C16H30N2O/c1-4-14(10-12-7-8-12)18-15(19)16(2,3)13-6-5-9-17-11-13/h12-14,17H,4-11H2,1-3H3,(H,18,19). The second-order valence-corrected chi connectivity index (χ2v) is 7.02. The van der Waals surface area contributed by atoms with Crippen LogP contribution in [0.2, 0.25) is 0 Å². The van der Waals surface area contributed by atoms with Crippen molar-refractivity contribution >= 4 is 5.91 Å². The first-order valence-electron chi connectivity index (χ1n) is 8.05. The highest BCUT2D eigenvalue weighted by atomic mass is 16.2. The van der Waals surface area contributed by atoms with Crippen molar-refractivity contribution in [2.45, 2.75) is 65.3 Å². The first-order valence-corrected chi connectivity index (χ1v) is 8.05. The van der Waals surface area contributed by atoms with E-state index in [2.05, 4.69) is 31.4 Å². The van der Waals surface area contributed by atoms with Gasteiger partial charge in [-0.25, -0.2) is 0 Å². The van der Waals surface area contributed by atoms with Gasteiger partial charge in [0.2, 0.25) is 5.91 Å². The van der Waals surface area contributed by atoms with Gasteiger partial charge in [0.1, 0.15) is 0 Å². The Morgan fingerprint density at radius 1 is 1.37 bits per heavy atom. The van der Waals surface area contributed by atoms with Crippen LogP contribution in [0.4, 0.5) is 0 Å². The molecule has 0 bridgehead atoms. The zero-order chi connectivity index (χ0) is 13.9. The van der Waals surface area contributed by atoms with Gasteiger partial charge in [-0.15, -0.1) is 0 Å². The third-order valence-corrected chi connectivity index (χ3v) is 5.05. The van der Waals surface area contributed by atoms with Crippen molar-refractivity contribution < 1.29 is 4.79 Å². The Labute approximate surface area is 117 Å². The fourth-order valence-corrected chi connectivity index (χ4v) is 3.11. The van der Waals surface area contributed by atoms with Crippen LogP contribution in [0, 0.1) is 17.3 Å². The van der Waals surface area contributed by atoms with Crippen LogP contribution in [0.15, 0.2) is 0 Å². The smallest absolute Gasteiger partial charge is 0.226 e. The highest BCUT2D eigenvalue weighted by Crippen LogP contribution is 2.35. The van der Waals surface area contributed by atoms with Gasteiger partial charge in [0.25, 0.3) is 0 Å². The molecule has 2 rings (SSSR count). The van der Waals surface area contributed by atoms with Gasteiger partial charge < -0.3 is 10.6 Å². The molecule has 3 heteroatoms. The van der Waals surface area contributed by atoms with Crippen molar-refractivity contribution in [2.75, 3.05) is 13.1 Å². The lowest BCUT2D eigenvalue weighted by atomic mass is 9.74. The first-order chi connectivity index (χ1) is 9.04. The average molecular weight is 266 g/mol. The lowest BCUT2D eigenvalue weighted by Crippen LogP contribution is -2.49. The van der Waals surface area contributed by atoms with Crippen molar-refractivity contribution in [3.05, 3.63) is 0 Å². The highest BCUT2D eigenvalue weighted by molar-refractivity contribution is 5.82. The van der Waals surface area contributed by atoms with E-state index in [9.17, 15) is 4.79 Å². The molecule has 3 nitrogen and oxygen atoms in total. The predicted octanol–water partition coefficient (Wildman–Crippen LogP) is 2.71. The van der Waals surface area contributed by atoms with E-state index in [0.29, 0.717) is 12.0 Å². The van der Waals surface area contributed by atoms with E-state index >= 15 is 0 Å². The lowest BCUT2D eigenvalue weighted by Gasteiger charge is -2.37. The quantitative estimate of drug-likeness (QED) is 0.776. The Balaban J connectivity index is 1.88. The predicted molar refractivity (Wildman–Crippen MR) is 78.9 cm³/mol. The van der Waals surface area contributed by atoms with E-state index < -0.39 is 0 Å². The van der Waals surface area contributed by atoms with Crippen LogP contribution in [-0.2, 0) is 4.79 Å². The number of hydrogen-bond acceptors (Lipinski definition) is 2. The van der Waals surface area contributed by atoms with Gasteiger partial charge in [0.05, 0.1) is 0 Å². The lowest BCUT2D eigenvalue weighted by molar-refractivity contribution is -0.133. The average Bonchev–Trinajstić information content (AvgIpc) is 3.22.